The van der Waals surface area contributed by atoms with E-state index >= 15 is 0 Å². The summed E-state index contributed by atoms with van der Waals surface area (Å²) in [7, 11) is 0. The molecule has 3 heterocycles. The number of hydrogen-bond acceptors (Lipinski definition) is 11. The van der Waals surface area contributed by atoms with Gasteiger partial charge in [-0.15, -0.1) is 0 Å². The summed E-state index contributed by atoms with van der Waals surface area (Å²) < 4.78 is 10.4. The Bertz CT molecular complexity index is 1820. The fourth-order valence-electron chi connectivity index (χ4n) is 6.27. The van der Waals surface area contributed by atoms with Crippen molar-refractivity contribution in [2.75, 3.05) is 19.6 Å². The minimum absolute atomic E-state index is 0.0117. The molecular formula is C39H44N4O11. The highest BCUT2D eigenvalue weighted by Gasteiger charge is 2.41. The van der Waals surface area contributed by atoms with Gasteiger partial charge in [0.25, 0.3) is 23.6 Å². The standard InChI is InChI=1S/C39H44N4O11/c44-24-29-20-28(23-43(29)39(52)35(48)33(46)37(50)41-17-15-31-9-5-19-54-31)27-12-10-26(11-13-27)22-42(21-25-6-2-1-3-7-25)38(51)34(47)32(45)36(49)40-16-14-30-8-4-18-53-30/h1-13,18-19,24,28-29,32-35,45-48H,14-17,20-23H2,(H,40,49)(H,41,50)/t28?,29-,32+,33+,34+,35+/m0/s1. The highest BCUT2D eigenvalue weighted by molar-refractivity contribution is 5.92. The van der Waals surface area contributed by atoms with Gasteiger partial charge in [-0.05, 0) is 47.4 Å². The summed E-state index contributed by atoms with van der Waals surface area (Å²) in [6.07, 6.45) is -3.71. The smallest absolute Gasteiger partial charge is 0.255 e. The van der Waals surface area contributed by atoms with Gasteiger partial charge < -0.3 is 54.5 Å². The summed E-state index contributed by atoms with van der Waals surface area (Å²) in [6.45, 7) is 0.352. The third-order valence-corrected chi connectivity index (χ3v) is 9.28. The van der Waals surface area contributed by atoms with Crippen LogP contribution in [0.2, 0.25) is 0 Å². The van der Waals surface area contributed by atoms with E-state index in [0.29, 0.717) is 36.2 Å². The van der Waals surface area contributed by atoms with Gasteiger partial charge in [-0.25, -0.2) is 0 Å². The largest absolute Gasteiger partial charge is 0.469 e. The number of carbonyl (C=O) groups is 5. The number of hydrogen-bond donors (Lipinski definition) is 6. The second-order valence-corrected chi connectivity index (χ2v) is 13.1. The summed E-state index contributed by atoms with van der Waals surface area (Å²) in [4.78, 5) is 66.2. The van der Waals surface area contributed by atoms with E-state index in [-0.39, 0.29) is 45.1 Å². The Hall–Kier alpha value is -5.61. The molecule has 1 fully saturated rings. The van der Waals surface area contributed by atoms with E-state index in [0.717, 1.165) is 16.0 Å². The second kappa shape index (κ2) is 18.9. The van der Waals surface area contributed by atoms with Gasteiger partial charge in [-0.1, -0.05) is 54.6 Å². The van der Waals surface area contributed by atoms with Crippen LogP contribution in [0, 0.1) is 0 Å². The molecule has 1 aliphatic rings. The Balaban J connectivity index is 1.19. The SMILES string of the molecule is O=C[C@@H]1CC(c2ccc(CN(Cc3ccccc3)C(=O)[C@H](O)[C@@H](O)C(=O)NCCc3ccco3)cc2)CN1C(=O)[C@H](O)[C@@H](O)C(=O)NCCc1ccco1. The third-order valence-electron chi connectivity index (χ3n) is 9.28. The predicted molar refractivity (Wildman–Crippen MR) is 191 cm³/mol. The van der Waals surface area contributed by atoms with Crippen LogP contribution in [0.5, 0.6) is 0 Å². The van der Waals surface area contributed by atoms with Crippen molar-refractivity contribution in [2.24, 2.45) is 0 Å². The molecule has 4 aromatic rings. The van der Waals surface area contributed by atoms with E-state index in [1.165, 1.54) is 17.4 Å². The first-order valence-electron chi connectivity index (χ1n) is 17.6. The number of aldehydes is 1. The average Bonchev–Trinajstić information content (AvgIpc) is 4.00. The van der Waals surface area contributed by atoms with Crippen LogP contribution in [0.3, 0.4) is 0 Å². The minimum atomic E-state index is -2.09. The number of aliphatic hydroxyl groups excluding tert-OH is 4. The first-order chi connectivity index (χ1) is 26.0. The lowest BCUT2D eigenvalue weighted by Crippen LogP contribution is -2.52. The molecule has 5 rings (SSSR count). The monoisotopic (exact) mass is 744 g/mol. The highest BCUT2D eigenvalue weighted by atomic mass is 16.4. The lowest BCUT2D eigenvalue weighted by Gasteiger charge is -2.27. The molecule has 2 aromatic carbocycles. The van der Waals surface area contributed by atoms with Crippen molar-refractivity contribution in [3.63, 3.8) is 0 Å². The van der Waals surface area contributed by atoms with Crippen molar-refractivity contribution in [3.8, 4) is 0 Å². The van der Waals surface area contributed by atoms with E-state index in [1.807, 2.05) is 6.07 Å². The van der Waals surface area contributed by atoms with Crippen molar-refractivity contribution in [1.82, 2.24) is 20.4 Å². The molecule has 6 atom stereocenters. The average molecular weight is 745 g/mol. The number of furan rings is 2. The van der Waals surface area contributed by atoms with Crippen LogP contribution in [-0.2, 0) is 49.9 Å². The first-order valence-corrected chi connectivity index (χ1v) is 17.6. The van der Waals surface area contributed by atoms with E-state index in [2.05, 4.69) is 10.6 Å². The highest BCUT2D eigenvalue weighted by Crippen LogP contribution is 2.32. The number of aliphatic hydroxyl groups is 4. The molecule has 1 aliphatic heterocycles. The van der Waals surface area contributed by atoms with Crippen molar-refractivity contribution in [3.05, 3.63) is 120 Å². The van der Waals surface area contributed by atoms with Crippen molar-refractivity contribution < 1.29 is 53.2 Å². The number of carbonyl (C=O) groups excluding carboxylic acids is 5. The van der Waals surface area contributed by atoms with Crippen LogP contribution in [0.15, 0.2) is 100 Å². The summed E-state index contributed by atoms with van der Waals surface area (Å²) in [6, 6.07) is 22.0. The van der Waals surface area contributed by atoms with Gasteiger partial charge in [0.1, 0.15) is 17.8 Å². The van der Waals surface area contributed by atoms with E-state index in [4.69, 9.17) is 8.83 Å². The van der Waals surface area contributed by atoms with E-state index in [1.54, 1.807) is 72.8 Å². The molecule has 15 heteroatoms. The van der Waals surface area contributed by atoms with Gasteiger partial charge >= 0.3 is 0 Å². The van der Waals surface area contributed by atoms with Crippen LogP contribution in [0.4, 0.5) is 0 Å². The number of amides is 4. The van der Waals surface area contributed by atoms with Crippen LogP contribution < -0.4 is 10.6 Å². The molecule has 6 N–H and O–H groups in total. The lowest BCUT2D eigenvalue weighted by molar-refractivity contribution is -0.154. The lowest BCUT2D eigenvalue weighted by atomic mass is 9.95. The Morgan fingerprint density at radius 2 is 1.26 bits per heavy atom. The maximum Gasteiger partial charge on any atom is 0.255 e. The molecule has 54 heavy (non-hydrogen) atoms. The maximum atomic E-state index is 13.5. The first kappa shape index (κ1) is 39.6. The number of nitrogens with zero attached hydrogens (tertiary/aromatic N) is 2. The molecule has 1 unspecified atom stereocenters. The molecule has 2 aromatic heterocycles. The summed E-state index contributed by atoms with van der Waals surface area (Å²) in [5.74, 6) is -2.76. The molecule has 1 saturated heterocycles. The molecule has 0 bridgehead atoms. The number of likely N-dealkylation sites (tertiary alicyclic amines) is 1. The van der Waals surface area contributed by atoms with Crippen LogP contribution in [-0.4, -0.2) is 110 Å². The Labute approximate surface area is 311 Å². The second-order valence-electron chi connectivity index (χ2n) is 13.1. The van der Waals surface area contributed by atoms with Crippen LogP contribution in [0.1, 0.15) is 40.5 Å². The van der Waals surface area contributed by atoms with E-state index in [9.17, 15) is 44.4 Å². The third kappa shape index (κ3) is 10.3. The van der Waals surface area contributed by atoms with Gasteiger partial charge in [-0.3, -0.25) is 19.2 Å². The van der Waals surface area contributed by atoms with Gasteiger partial charge in [0.05, 0.1) is 18.6 Å². The minimum Gasteiger partial charge on any atom is -0.469 e. The van der Waals surface area contributed by atoms with Crippen LogP contribution in [0.25, 0.3) is 0 Å². The summed E-state index contributed by atoms with van der Waals surface area (Å²) >= 11 is 0. The zero-order valence-electron chi connectivity index (χ0n) is 29.4. The normalized spacial score (nSPS) is 17.6. The Kier molecular flexibility index (Phi) is 13.9. The van der Waals surface area contributed by atoms with Gasteiger partial charge in [-0.2, -0.15) is 0 Å². The molecule has 0 spiro atoms. The van der Waals surface area contributed by atoms with Gasteiger partial charge in [0, 0.05) is 51.5 Å². The zero-order chi connectivity index (χ0) is 38.6. The molecule has 286 valence electrons. The van der Waals surface area contributed by atoms with Gasteiger partial charge in [0.15, 0.2) is 24.4 Å². The molecule has 4 amide bonds. The molecule has 0 aliphatic carbocycles. The molecule has 0 saturated carbocycles. The molecular weight excluding hydrogens is 700 g/mol. The predicted octanol–water partition coefficient (Wildman–Crippen LogP) is 0.446. The molecule has 15 nitrogen and oxygen atoms in total. The van der Waals surface area contributed by atoms with Crippen molar-refractivity contribution in [2.45, 2.75) is 68.7 Å². The number of nitrogens with one attached hydrogen (secondary N) is 2. The Morgan fingerprint density at radius 3 is 1.78 bits per heavy atom. The summed E-state index contributed by atoms with van der Waals surface area (Å²) in [5.41, 5.74) is 2.16. The van der Waals surface area contributed by atoms with E-state index < -0.39 is 54.1 Å². The summed E-state index contributed by atoms with van der Waals surface area (Å²) in [5, 5.41) is 47.3. The Morgan fingerprint density at radius 1 is 0.722 bits per heavy atom. The van der Waals surface area contributed by atoms with Gasteiger partial charge in [0.2, 0.25) is 0 Å². The van der Waals surface area contributed by atoms with Crippen LogP contribution >= 0.6 is 0 Å². The zero-order valence-corrected chi connectivity index (χ0v) is 29.4. The van der Waals surface area contributed by atoms with Crippen molar-refractivity contribution in [1.29, 1.82) is 0 Å². The fraction of sp³-hybridized carbons (Fsp3) is 0.359. The molecule has 0 radical (unpaired) electrons. The fourth-order valence-corrected chi connectivity index (χ4v) is 6.27. The quantitative estimate of drug-likeness (QED) is 0.0768. The topological polar surface area (TPSA) is 223 Å². The number of rotatable bonds is 18. The van der Waals surface area contributed by atoms with Crippen molar-refractivity contribution >= 4 is 29.9 Å². The number of benzene rings is 2. The maximum absolute atomic E-state index is 13.5.